The van der Waals surface area contributed by atoms with E-state index in [1.165, 1.54) is 6.42 Å². The summed E-state index contributed by atoms with van der Waals surface area (Å²) >= 11 is 0. The molecule has 1 aliphatic carbocycles. The zero-order chi connectivity index (χ0) is 11.5. The van der Waals surface area contributed by atoms with Gasteiger partial charge in [-0.05, 0) is 25.3 Å². The normalized spacial score (nSPS) is 32.1. The molecule has 2 N–H and O–H groups in total. The lowest BCUT2D eigenvalue weighted by Crippen LogP contribution is -2.40. The van der Waals surface area contributed by atoms with Crippen LogP contribution in [-0.2, 0) is 0 Å². The Hall–Kier alpha value is -0.670. The second kappa shape index (κ2) is 4.68. The molecule has 2 aliphatic rings. The predicted molar refractivity (Wildman–Crippen MR) is 64.7 cm³/mol. The summed E-state index contributed by atoms with van der Waals surface area (Å²) in [5, 5.41) is 19.6. The molecule has 0 saturated heterocycles. The minimum Gasteiger partial charge on any atom is -0.396 e. The van der Waals surface area contributed by atoms with E-state index >= 15 is 0 Å². The van der Waals surface area contributed by atoms with Crippen molar-refractivity contribution >= 4 is 6.21 Å². The molecule has 1 atom stereocenters. The first kappa shape index (κ1) is 11.8. The molecule has 0 amide bonds. The highest BCUT2D eigenvalue weighted by Gasteiger charge is 2.39. The van der Waals surface area contributed by atoms with Crippen molar-refractivity contribution in [2.45, 2.75) is 56.1 Å². The van der Waals surface area contributed by atoms with Crippen LogP contribution >= 0.6 is 0 Å². The Labute approximate surface area is 96.9 Å². The van der Waals surface area contributed by atoms with Gasteiger partial charge in [-0.2, -0.15) is 0 Å². The van der Waals surface area contributed by atoms with Crippen LogP contribution in [0.5, 0.6) is 0 Å². The lowest BCUT2D eigenvalue weighted by molar-refractivity contribution is -0.0185. The van der Waals surface area contributed by atoms with Crippen molar-refractivity contribution in [2.24, 2.45) is 4.99 Å². The molecule has 0 aromatic heterocycles. The molecule has 1 aliphatic heterocycles. The molecular formula is C13H21NO2. The standard InChI is InChI=1S/C13H21NO2/c15-10-8-12(5-4-9-14-12)11-13(16)6-2-1-3-7-13/h4-5,9,15-16H,1-3,6-8,10-11H2. The third-order valence-corrected chi connectivity index (χ3v) is 3.79. The molecular weight excluding hydrogens is 202 g/mol. The second-order valence-corrected chi connectivity index (χ2v) is 5.18. The van der Waals surface area contributed by atoms with Crippen molar-refractivity contribution in [1.29, 1.82) is 0 Å². The van der Waals surface area contributed by atoms with Crippen LogP contribution in [0.15, 0.2) is 17.1 Å². The summed E-state index contributed by atoms with van der Waals surface area (Å²) < 4.78 is 0. The Bertz CT molecular complexity index is 278. The SMILES string of the molecule is OCCC1(CC2(O)CCCCC2)C=CC=N1. The van der Waals surface area contributed by atoms with E-state index in [9.17, 15) is 5.11 Å². The summed E-state index contributed by atoms with van der Waals surface area (Å²) in [6.07, 6.45) is 12.2. The van der Waals surface area contributed by atoms with Crippen LogP contribution in [0, 0.1) is 0 Å². The smallest absolute Gasteiger partial charge is 0.0840 e. The minimum absolute atomic E-state index is 0.123. The third kappa shape index (κ3) is 2.53. The average molecular weight is 223 g/mol. The first-order chi connectivity index (χ1) is 7.68. The van der Waals surface area contributed by atoms with E-state index in [-0.39, 0.29) is 12.1 Å². The molecule has 90 valence electrons. The van der Waals surface area contributed by atoms with Gasteiger partial charge in [0.1, 0.15) is 0 Å². The van der Waals surface area contributed by atoms with Crippen LogP contribution < -0.4 is 0 Å². The number of rotatable bonds is 4. The highest BCUT2D eigenvalue weighted by molar-refractivity contribution is 5.75. The lowest BCUT2D eigenvalue weighted by Gasteiger charge is -2.38. The van der Waals surface area contributed by atoms with Gasteiger partial charge >= 0.3 is 0 Å². The van der Waals surface area contributed by atoms with Crippen LogP contribution in [0.25, 0.3) is 0 Å². The Balaban J connectivity index is 2.05. The number of aliphatic imine (C=N–C) groups is 1. The van der Waals surface area contributed by atoms with Gasteiger partial charge in [0.25, 0.3) is 0 Å². The Kier molecular flexibility index (Phi) is 3.45. The van der Waals surface area contributed by atoms with Gasteiger partial charge in [-0.1, -0.05) is 25.3 Å². The van der Waals surface area contributed by atoms with Gasteiger partial charge in [-0.3, -0.25) is 4.99 Å². The summed E-state index contributed by atoms with van der Waals surface area (Å²) in [7, 11) is 0. The van der Waals surface area contributed by atoms with Gasteiger partial charge in [-0.15, -0.1) is 0 Å². The van der Waals surface area contributed by atoms with Gasteiger partial charge in [-0.25, -0.2) is 0 Å². The molecule has 2 rings (SSSR count). The minimum atomic E-state index is -0.570. The lowest BCUT2D eigenvalue weighted by atomic mass is 9.75. The largest absolute Gasteiger partial charge is 0.396 e. The van der Waals surface area contributed by atoms with Crippen LogP contribution in [0.2, 0.25) is 0 Å². The van der Waals surface area contributed by atoms with E-state index in [1.807, 2.05) is 12.2 Å². The van der Waals surface area contributed by atoms with Crippen LogP contribution in [0.1, 0.15) is 44.9 Å². The van der Waals surface area contributed by atoms with Crippen LogP contribution in [0.3, 0.4) is 0 Å². The van der Waals surface area contributed by atoms with E-state index in [1.54, 1.807) is 6.21 Å². The maximum atomic E-state index is 10.5. The quantitative estimate of drug-likeness (QED) is 0.764. The Morgan fingerprint density at radius 3 is 2.50 bits per heavy atom. The molecule has 1 saturated carbocycles. The maximum Gasteiger partial charge on any atom is 0.0840 e. The Morgan fingerprint density at radius 1 is 1.19 bits per heavy atom. The molecule has 1 unspecified atom stereocenters. The zero-order valence-electron chi connectivity index (χ0n) is 9.73. The molecule has 1 fully saturated rings. The maximum absolute atomic E-state index is 10.5. The molecule has 0 aromatic carbocycles. The van der Waals surface area contributed by atoms with Crippen molar-refractivity contribution in [2.75, 3.05) is 6.61 Å². The highest BCUT2D eigenvalue weighted by atomic mass is 16.3. The summed E-state index contributed by atoms with van der Waals surface area (Å²) in [5.74, 6) is 0. The topological polar surface area (TPSA) is 52.8 Å². The van der Waals surface area contributed by atoms with Gasteiger partial charge in [0.05, 0.1) is 11.1 Å². The summed E-state index contributed by atoms with van der Waals surface area (Å²) in [5.41, 5.74) is -0.916. The average Bonchev–Trinajstić information content (AvgIpc) is 2.67. The highest BCUT2D eigenvalue weighted by Crippen LogP contribution is 2.39. The molecule has 3 heteroatoms. The van der Waals surface area contributed by atoms with Crippen molar-refractivity contribution in [3.8, 4) is 0 Å². The van der Waals surface area contributed by atoms with Crippen LogP contribution in [-0.4, -0.2) is 34.2 Å². The predicted octanol–water partition coefficient (Wildman–Crippen LogP) is 1.83. The van der Waals surface area contributed by atoms with E-state index in [0.29, 0.717) is 12.8 Å². The molecule has 1 heterocycles. The van der Waals surface area contributed by atoms with Gasteiger partial charge in [0, 0.05) is 19.2 Å². The van der Waals surface area contributed by atoms with Crippen molar-refractivity contribution in [3.63, 3.8) is 0 Å². The van der Waals surface area contributed by atoms with Crippen molar-refractivity contribution in [3.05, 3.63) is 12.2 Å². The molecule has 0 aromatic rings. The zero-order valence-corrected chi connectivity index (χ0v) is 9.73. The molecule has 0 bridgehead atoms. The van der Waals surface area contributed by atoms with E-state index < -0.39 is 5.60 Å². The van der Waals surface area contributed by atoms with Crippen LogP contribution in [0.4, 0.5) is 0 Å². The molecule has 0 spiro atoms. The second-order valence-electron chi connectivity index (χ2n) is 5.18. The van der Waals surface area contributed by atoms with Gasteiger partial charge < -0.3 is 10.2 Å². The monoisotopic (exact) mass is 223 g/mol. The van der Waals surface area contributed by atoms with E-state index in [4.69, 9.17) is 5.11 Å². The molecule has 0 radical (unpaired) electrons. The summed E-state index contributed by atoms with van der Waals surface area (Å²) in [4.78, 5) is 4.44. The fourth-order valence-corrected chi connectivity index (χ4v) is 2.95. The van der Waals surface area contributed by atoms with Crippen molar-refractivity contribution < 1.29 is 10.2 Å². The molecule has 3 nitrogen and oxygen atoms in total. The first-order valence-corrected chi connectivity index (χ1v) is 6.24. The number of aliphatic hydroxyl groups is 2. The van der Waals surface area contributed by atoms with E-state index in [0.717, 1.165) is 25.7 Å². The fraction of sp³-hybridized carbons (Fsp3) is 0.769. The fourth-order valence-electron chi connectivity index (χ4n) is 2.95. The first-order valence-electron chi connectivity index (χ1n) is 6.24. The van der Waals surface area contributed by atoms with Crippen molar-refractivity contribution in [1.82, 2.24) is 0 Å². The number of hydrogen-bond donors (Lipinski definition) is 2. The third-order valence-electron chi connectivity index (χ3n) is 3.79. The molecule has 16 heavy (non-hydrogen) atoms. The van der Waals surface area contributed by atoms with Gasteiger partial charge in [0.15, 0.2) is 0 Å². The summed E-state index contributed by atoms with van der Waals surface area (Å²) in [6.45, 7) is 0.123. The number of nitrogens with zero attached hydrogens (tertiary/aromatic N) is 1. The number of aliphatic hydroxyl groups excluding tert-OH is 1. The van der Waals surface area contributed by atoms with E-state index in [2.05, 4.69) is 4.99 Å². The van der Waals surface area contributed by atoms with Gasteiger partial charge in [0.2, 0.25) is 0 Å². The summed E-state index contributed by atoms with van der Waals surface area (Å²) in [6, 6.07) is 0. The Morgan fingerprint density at radius 2 is 1.94 bits per heavy atom. The number of allylic oxidation sites excluding steroid dienone is 1. The number of hydrogen-bond acceptors (Lipinski definition) is 3.